The van der Waals surface area contributed by atoms with Crippen LogP contribution in [0.3, 0.4) is 0 Å². The lowest BCUT2D eigenvalue weighted by Gasteiger charge is -2.34. The summed E-state index contributed by atoms with van der Waals surface area (Å²) in [5.41, 5.74) is 0.644. The van der Waals surface area contributed by atoms with E-state index in [0.29, 0.717) is 43.4 Å². The van der Waals surface area contributed by atoms with Gasteiger partial charge < -0.3 is 14.6 Å². The monoisotopic (exact) mass is 321 g/mol. The number of amides is 2. The van der Waals surface area contributed by atoms with Gasteiger partial charge in [-0.25, -0.2) is 0 Å². The normalized spacial score (nSPS) is 16.0. The molecule has 6 nitrogen and oxygen atoms in total. The van der Waals surface area contributed by atoms with Crippen LogP contribution in [0.25, 0.3) is 0 Å². The van der Waals surface area contributed by atoms with Crippen LogP contribution in [-0.2, 0) is 4.79 Å². The number of rotatable bonds is 5. The van der Waals surface area contributed by atoms with E-state index in [0.717, 1.165) is 18.8 Å². The quantitative estimate of drug-likeness (QED) is 0.891. The Morgan fingerprint density at radius 3 is 2.39 bits per heavy atom. The molecule has 1 aliphatic heterocycles. The van der Waals surface area contributed by atoms with Gasteiger partial charge in [0, 0.05) is 32.7 Å². The number of aryl methyl sites for hydroxylation is 2. The Hall–Kier alpha value is -1.82. The van der Waals surface area contributed by atoms with Crippen molar-refractivity contribution in [3.8, 4) is 0 Å². The second-order valence-electron chi connectivity index (χ2n) is 6.59. The number of nitrogens with one attached hydrogen (secondary N) is 1. The van der Waals surface area contributed by atoms with Crippen LogP contribution in [0.15, 0.2) is 10.5 Å². The Kier molecular flexibility index (Phi) is 5.82. The summed E-state index contributed by atoms with van der Waals surface area (Å²) in [6.45, 7) is 11.6. The van der Waals surface area contributed by atoms with Crippen LogP contribution in [-0.4, -0.2) is 60.9 Å². The minimum atomic E-state index is 0.0169. The molecule has 1 aromatic heterocycles. The van der Waals surface area contributed by atoms with Crippen LogP contribution >= 0.6 is 0 Å². The molecule has 1 N–H and O–H groups in total. The van der Waals surface area contributed by atoms with E-state index in [-0.39, 0.29) is 11.8 Å². The van der Waals surface area contributed by atoms with E-state index < -0.39 is 0 Å². The molecule has 1 aliphatic rings. The lowest BCUT2D eigenvalue weighted by atomic mass is 10.2. The molecule has 23 heavy (non-hydrogen) atoms. The van der Waals surface area contributed by atoms with E-state index >= 15 is 0 Å². The lowest BCUT2D eigenvalue weighted by Crippen LogP contribution is -2.51. The Bertz CT molecular complexity index is 557. The van der Waals surface area contributed by atoms with E-state index in [1.807, 2.05) is 18.7 Å². The molecule has 1 fully saturated rings. The van der Waals surface area contributed by atoms with Crippen molar-refractivity contribution in [1.82, 2.24) is 15.1 Å². The molecule has 1 aromatic rings. The third-order valence-electron chi connectivity index (χ3n) is 4.01. The molecule has 2 amide bonds. The largest absolute Gasteiger partial charge is 0.466 e. The number of hydrogen-bond donors (Lipinski definition) is 1. The van der Waals surface area contributed by atoms with Gasteiger partial charge in [-0.2, -0.15) is 0 Å². The summed E-state index contributed by atoms with van der Waals surface area (Å²) in [6.07, 6.45) is 0. The first-order valence-corrected chi connectivity index (χ1v) is 8.22. The molecule has 6 heteroatoms. The van der Waals surface area contributed by atoms with Gasteiger partial charge in [-0.1, -0.05) is 13.8 Å². The predicted molar refractivity (Wildman–Crippen MR) is 88.4 cm³/mol. The highest BCUT2D eigenvalue weighted by atomic mass is 16.3. The van der Waals surface area contributed by atoms with Gasteiger partial charge in [-0.05, 0) is 25.8 Å². The average molecular weight is 321 g/mol. The maximum Gasteiger partial charge on any atom is 0.257 e. The highest BCUT2D eigenvalue weighted by molar-refractivity contribution is 5.95. The zero-order valence-corrected chi connectivity index (χ0v) is 14.5. The van der Waals surface area contributed by atoms with Gasteiger partial charge in [0.2, 0.25) is 5.91 Å². The van der Waals surface area contributed by atoms with Crippen LogP contribution in [0.5, 0.6) is 0 Å². The lowest BCUT2D eigenvalue weighted by molar-refractivity contribution is -0.122. The summed E-state index contributed by atoms with van der Waals surface area (Å²) in [5, 5.41) is 2.93. The molecule has 0 saturated carbocycles. The van der Waals surface area contributed by atoms with Crippen molar-refractivity contribution < 1.29 is 14.0 Å². The summed E-state index contributed by atoms with van der Waals surface area (Å²) in [5.74, 6) is 1.95. The fourth-order valence-electron chi connectivity index (χ4n) is 2.70. The summed E-state index contributed by atoms with van der Waals surface area (Å²) >= 11 is 0. The molecule has 0 bridgehead atoms. The first-order chi connectivity index (χ1) is 10.9. The number of piperazine rings is 1. The maximum absolute atomic E-state index is 12.5. The van der Waals surface area contributed by atoms with Crippen LogP contribution in [0.4, 0.5) is 0 Å². The van der Waals surface area contributed by atoms with Crippen molar-refractivity contribution in [3.63, 3.8) is 0 Å². The van der Waals surface area contributed by atoms with Gasteiger partial charge in [0.25, 0.3) is 5.91 Å². The topological polar surface area (TPSA) is 65.8 Å². The molecule has 128 valence electrons. The molecule has 2 heterocycles. The van der Waals surface area contributed by atoms with Gasteiger partial charge >= 0.3 is 0 Å². The second-order valence-corrected chi connectivity index (χ2v) is 6.59. The van der Waals surface area contributed by atoms with E-state index in [1.165, 1.54) is 0 Å². The fraction of sp³-hybridized carbons (Fsp3) is 0.647. The zero-order valence-electron chi connectivity index (χ0n) is 14.5. The standard InChI is InChI=1S/C17H27N3O3/c1-12(2)10-18-16(21)11-19-5-7-20(8-6-19)17(22)15-9-13(3)23-14(15)4/h9,12H,5-8,10-11H2,1-4H3,(H,18,21). The smallest absolute Gasteiger partial charge is 0.257 e. The van der Waals surface area contributed by atoms with E-state index in [4.69, 9.17) is 4.42 Å². The van der Waals surface area contributed by atoms with Gasteiger partial charge in [0.05, 0.1) is 12.1 Å². The Labute approximate surface area is 137 Å². The Morgan fingerprint density at radius 2 is 1.87 bits per heavy atom. The van der Waals surface area contributed by atoms with E-state index in [2.05, 4.69) is 24.1 Å². The maximum atomic E-state index is 12.5. The summed E-state index contributed by atoms with van der Waals surface area (Å²) < 4.78 is 5.44. The number of carbonyl (C=O) groups excluding carboxylic acids is 2. The van der Waals surface area contributed by atoms with Gasteiger partial charge in [0.1, 0.15) is 11.5 Å². The third kappa shape index (κ3) is 4.82. The minimum absolute atomic E-state index is 0.0169. The zero-order chi connectivity index (χ0) is 17.0. The molecule has 0 atom stereocenters. The summed E-state index contributed by atoms with van der Waals surface area (Å²) in [4.78, 5) is 28.3. The minimum Gasteiger partial charge on any atom is -0.466 e. The van der Waals surface area contributed by atoms with Crippen molar-refractivity contribution in [2.24, 2.45) is 5.92 Å². The molecule has 0 spiro atoms. The first kappa shape index (κ1) is 17.5. The van der Waals surface area contributed by atoms with Crippen molar-refractivity contribution in [2.45, 2.75) is 27.7 Å². The number of carbonyl (C=O) groups is 2. The van der Waals surface area contributed by atoms with Crippen LogP contribution in [0.1, 0.15) is 35.7 Å². The molecular weight excluding hydrogens is 294 g/mol. The van der Waals surface area contributed by atoms with Crippen LogP contribution < -0.4 is 5.32 Å². The molecule has 0 aromatic carbocycles. The molecule has 0 radical (unpaired) electrons. The number of furan rings is 1. The van der Waals surface area contributed by atoms with Crippen molar-refractivity contribution >= 4 is 11.8 Å². The van der Waals surface area contributed by atoms with Gasteiger partial charge in [-0.3, -0.25) is 14.5 Å². The Morgan fingerprint density at radius 1 is 1.22 bits per heavy atom. The number of nitrogens with zero attached hydrogens (tertiary/aromatic N) is 2. The first-order valence-electron chi connectivity index (χ1n) is 8.22. The second kappa shape index (κ2) is 7.64. The molecular formula is C17H27N3O3. The highest BCUT2D eigenvalue weighted by Gasteiger charge is 2.25. The molecule has 0 unspecified atom stereocenters. The summed E-state index contributed by atoms with van der Waals surface area (Å²) in [7, 11) is 0. The SMILES string of the molecule is Cc1cc(C(=O)N2CCN(CC(=O)NCC(C)C)CC2)c(C)o1. The summed E-state index contributed by atoms with van der Waals surface area (Å²) in [6, 6.07) is 1.80. The van der Waals surface area contributed by atoms with Crippen molar-refractivity contribution in [1.29, 1.82) is 0 Å². The molecule has 0 aliphatic carbocycles. The fourth-order valence-corrected chi connectivity index (χ4v) is 2.70. The van der Waals surface area contributed by atoms with Crippen LogP contribution in [0.2, 0.25) is 0 Å². The predicted octanol–water partition coefficient (Wildman–Crippen LogP) is 1.43. The van der Waals surface area contributed by atoms with Crippen molar-refractivity contribution in [2.75, 3.05) is 39.3 Å². The third-order valence-corrected chi connectivity index (χ3v) is 4.01. The van der Waals surface area contributed by atoms with E-state index in [9.17, 15) is 9.59 Å². The average Bonchev–Trinajstić information content (AvgIpc) is 2.84. The molecule has 1 saturated heterocycles. The number of hydrogen-bond acceptors (Lipinski definition) is 4. The molecule has 2 rings (SSSR count). The van der Waals surface area contributed by atoms with Gasteiger partial charge in [0.15, 0.2) is 0 Å². The van der Waals surface area contributed by atoms with E-state index in [1.54, 1.807) is 6.07 Å². The van der Waals surface area contributed by atoms with Crippen molar-refractivity contribution in [3.05, 3.63) is 23.2 Å². The Balaban J connectivity index is 1.80. The van der Waals surface area contributed by atoms with Gasteiger partial charge in [-0.15, -0.1) is 0 Å². The van der Waals surface area contributed by atoms with Crippen LogP contribution in [0, 0.1) is 19.8 Å². The highest BCUT2D eigenvalue weighted by Crippen LogP contribution is 2.17.